The van der Waals surface area contributed by atoms with Crippen molar-refractivity contribution in [3.8, 4) is 11.1 Å². The molecule has 0 radical (unpaired) electrons. The number of thiophene rings is 1. The second kappa shape index (κ2) is 8.16. The van der Waals surface area contributed by atoms with Crippen LogP contribution in [0.1, 0.15) is 20.9 Å². The van der Waals surface area contributed by atoms with E-state index in [4.69, 9.17) is 22.3 Å². The van der Waals surface area contributed by atoms with Gasteiger partial charge in [0.15, 0.2) is 0 Å². The number of hydrogen-bond donors (Lipinski definition) is 2. The molecule has 0 saturated carbocycles. The van der Waals surface area contributed by atoms with Crippen molar-refractivity contribution in [1.29, 1.82) is 0 Å². The number of pyridine rings is 1. The summed E-state index contributed by atoms with van der Waals surface area (Å²) in [5.74, 6) is -0.968. The fourth-order valence-corrected chi connectivity index (χ4v) is 5.38. The van der Waals surface area contributed by atoms with Crippen LogP contribution in [-0.2, 0) is 13.0 Å². The highest BCUT2D eigenvalue weighted by molar-refractivity contribution is 7.21. The zero-order valence-corrected chi connectivity index (χ0v) is 18.9. The number of rotatable bonds is 3. The van der Waals surface area contributed by atoms with Crippen LogP contribution in [-0.4, -0.2) is 29.4 Å². The predicted octanol–water partition coefficient (Wildman–Crippen LogP) is 5.58. The van der Waals surface area contributed by atoms with Crippen LogP contribution in [0, 0.1) is 5.82 Å². The van der Waals surface area contributed by atoms with Crippen LogP contribution in [0.25, 0.3) is 21.3 Å². The van der Waals surface area contributed by atoms with E-state index in [-0.39, 0.29) is 5.69 Å². The molecule has 1 amide bonds. The standard InChI is InChI=1S/C24H20ClFN4OS/c1-30-11-10-17-14(12-30)19(13-6-2-3-7-15(13)25)20-21(27)22(32-24(20)29-17)23(31)28-18-9-5-4-8-16(18)26/h2-9H,10-12,27H2,1H3,(H,28,31). The molecule has 3 N–H and O–H groups in total. The summed E-state index contributed by atoms with van der Waals surface area (Å²) in [6, 6.07) is 13.7. The molecule has 0 bridgehead atoms. The number of amides is 1. The van der Waals surface area contributed by atoms with E-state index in [1.807, 2.05) is 24.3 Å². The molecule has 0 atom stereocenters. The third-order valence-corrected chi connectivity index (χ3v) is 7.12. The van der Waals surface area contributed by atoms with Crippen LogP contribution in [0.3, 0.4) is 0 Å². The number of carbonyl (C=O) groups excluding carboxylic acids is 1. The van der Waals surface area contributed by atoms with Gasteiger partial charge in [0, 0.05) is 46.7 Å². The lowest BCUT2D eigenvalue weighted by Gasteiger charge is -2.27. The number of aromatic nitrogens is 1. The van der Waals surface area contributed by atoms with Gasteiger partial charge >= 0.3 is 0 Å². The molecule has 4 aromatic rings. The number of halogens is 2. The van der Waals surface area contributed by atoms with Gasteiger partial charge < -0.3 is 16.0 Å². The molecule has 8 heteroatoms. The zero-order valence-electron chi connectivity index (χ0n) is 17.3. The smallest absolute Gasteiger partial charge is 0.268 e. The molecule has 1 aliphatic rings. The molecule has 2 aromatic carbocycles. The van der Waals surface area contributed by atoms with Crippen molar-refractivity contribution in [1.82, 2.24) is 9.88 Å². The minimum absolute atomic E-state index is 0.106. The van der Waals surface area contributed by atoms with Crippen LogP contribution in [0.2, 0.25) is 5.02 Å². The fourth-order valence-electron chi connectivity index (χ4n) is 4.13. The highest BCUT2D eigenvalue weighted by Crippen LogP contribution is 2.45. The Morgan fingerprint density at radius 1 is 1.22 bits per heavy atom. The minimum atomic E-state index is -0.506. The van der Waals surface area contributed by atoms with Crippen LogP contribution in [0.5, 0.6) is 0 Å². The van der Waals surface area contributed by atoms with Crippen molar-refractivity contribution in [3.05, 3.63) is 75.5 Å². The Morgan fingerprint density at radius 3 is 2.75 bits per heavy atom. The first-order chi connectivity index (χ1) is 15.4. The molecule has 0 spiro atoms. The molecule has 32 heavy (non-hydrogen) atoms. The van der Waals surface area contributed by atoms with Crippen molar-refractivity contribution in [2.75, 3.05) is 24.6 Å². The summed E-state index contributed by atoms with van der Waals surface area (Å²) in [6.07, 6.45) is 0.799. The second-order valence-corrected chi connectivity index (χ2v) is 9.24. The Balaban J connectivity index is 1.72. The first-order valence-corrected chi connectivity index (χ1v) is 11.4. The highest BCUT2D eigenvalue weighted by Gasteiger charge is 2.28. The predicted molar refractivity (Wildman–Crippen MR) is 129 cm³/mol. The Bertz CT molecular complexity index is 1370. The molecule has 162 valence electrons. The van der Waals surface area contributed by atoms with Gasteiger partial charge in [-0.3, -0.25) is 4.79 Å². The normalized spacial score (nSPS) is 13.8. The van der Waals surface area contributed by atoms with Crippen LogP contribution >= 0.6 is 22.9 Å². The second-order valence-electron chi connectivity index (χ2n) is 7.84. The molecule has 5 nitrogen and oxygen atoms in total. The number of nitrogens with two attached hydrogens (primary N) is 1. The SMILES string of the molecule is CN1CCc2nc3sc(C(=O)Nc4ccccc4F)c(N)c3c(-c3ccccc3Cl)c2C1. The molecule has 0 unspecified atom stereocenters. The first-order valence-electron chi connectivity index (χ1n) is 10.2. The molecule has 0 aliphatic carbocycles. The number of para-hydroxylation sites is 1. The van der Waals surface area contributed by atoms with E-state index in [1.54, 1.807) is 12.1 Å². The molecule has 3 heterocycles. The zero-order chi connectivity index (χ0) is 22.4. The van der Waals surface area contributed by atoms with Crippen LogP contribution < -0.4 is 11.1 Å². The number of anilines is 2. The largest absolute Gasteiger partial charge is 0.397 e. The van der Waals surface area contributed by atoms with E-state index in [2.05, 4.69) is 17.3 Å². The summed E-state index contributed by atoms with van der Waals surface area (Å²) in [5, 5.41) is 3.96. The van der Waals surface area contributed by atoms with Gasteiger partial charge in [0.05, 0.1) is 11.4 Å². The maximum absolute atomic E-state index is 14.1. The summed E-state index contributed by atoms with van der Waals surface area (Å²) < 4.78 is 14.1. The van der Waals surface area contributed by atoms with E-state index in [1.165, 1.54) is 23.5 Å². The Hall–Kier alpha value is -3.00. The molecular formula is C24H20ClFN4OS. The van der Waals surface area contributed by atoms with E-state index >= 15 is 0 Å². The summed E-state index contributed by atoms with van der Waals surface area (Å²) in [6.45, 7) is 1.61. The molecule has 5 rings (SSSR count). The van der Waals surface area contributed by atoms with Gasteiger partial charge in [-0.25, -0.2) is 9.37 Å². The number of nitrogen functional groups attached to an aromatic ring is 1. The molecule has 0 fully saturated rings. The summed E-state index contributed by atoms with van der Waals surface area (Å²) in [4.78, 5) is 21.1. The summed E-state index contributed by atoms with van der Waals surface area (Å²) in [5.41, 5.74) is 10.8. The van der Waals surface area contributed by atoms with Crippen molar-refractivity contribution in [2.24, 2.45) is 0 Å². The Labute approximate surface area is 193 Å². The van der Waals surface area contributed by atoms with E-state index in [9.17, 15) is 9.18 Å². The fraction of sp³-hybridized carbons (Fsp3) is 0.167. The van der Waals surface area contributed by atoms with Gasteiger partial charge in [-0.2, -0.15) is 0 Å². The quantitative estimate of drug-likeness (QED) is 0.413. The maximum atomic E-state index is 14.1. The van der Waals surface area contributed by atoms with Crippen molar-refractivity contribution in [2.45, 2.75) is 13.0 Å². The molecule has 2 aromatic heterocycles. The Morgan fingerprint density at radius 2 is 1.97 bits per heavy atom. The molecular weight excluding hydrogens is 447 g/mol. The van der Waals surface area contributed by atoms with Crippen molar-refractivity contribution < 1.29 is 9.18 Å². The highest BCUT2D eigenvalue weighted by atomic mass is 35.5. The average molecular weight is 467 g/mol. The molecule has 0 saturated heterocycles. The summed E-state index contributed by atoms with van der Waals surface area (Å²) in [7, 11) is 2.06. The van der Waals surface area contributed by atoms with Gasteiger partial charge in [-0.15, -0.1) is 11.3 Å². The van der Waals surface area contributed by atoms with Gasteiger partial charge in [0.25, 0.3) is 5.91 Å². The van der Waals surface area contributed by atoms with Gasteiger partial charge in [0.2, 0.25) is 0 Å². The van der Waals surface area contributed by atoms with Crippen LogP contribution in [0.4, 0.5) is 15.8 Å². The van der Waals surface area contributed by atoms with Gasteiger partial charge in [-0.05, 0) is 30.8 Å². The summed E-state index contributed by atoms with van der Waals surface area (Å²) >= 11 is 7.81. The lowest BCUT2D eigenvalue weighted by atomic mass is 9.92. The lowest BCUT2D eigenvalue weighted by molar-refractivity contribution is 0.103. The average Bonchev–Trinajstić information content (AvgIpc) is 3.11. The number of nitrogens with zero attached hydrogens (tertiary/aromatic N) is 2. The maximum Gasteiger partial charge on any atom is 0.268 e. The van der Waals surface area contributed by atoms with Crippen molar-refractivity contribution in [3.63, 3.8) is 0 Å². The van der Waals surface area contributed by atoms with E-state index in [0.29, 0.717) is 27.0 Å². The third-order valence-electron chi connectivity index (χ3n) is 5.69. The van der Waals surface area contributed by atoms with E-state index in [0.717, 1.165) is 40.7 Å². The van der Waals surface area contributed by atoms with Crippen LogP contribution in [0.15, 0.2) is 48.5 Å². The lowest BCUT2D eigenvalue weighted by Crippen LogP contribution is -2.28. The molecule has 1 aliphatic heterocycles. The van der Waals surface area contributed by atoms with Gasteiger partial charge in [0.1, 0.15) is 15.5 Å². The number of nitrogens with one attached hydrogen (secondary N) is 1. The number of carbonyl (C=O) groups is 1. The minimum Gasteiger partial charge on any atom is -0.397 e. The number of likely N-dealkylation sites (N-methyl/N-ethyl adjacent to an activating group) is 1. The van der Waals surface area contributed by atoms with E-state index < -0.39 is 11.7 Å². The topological polar surface area (TPSA) is 71.2 Å². The monoisotopic (exact) mass is 466 g/mol. The van der Waals surface area contributed by atoms with Crippen molar-refractivity contribution >= 4 is 50.4 Å². The Kier molecular flexibility index (Phi) is 5.33. The van der Waals surface area contributed by atoms with Gasteiger partial charge in [-0.1, -0.05) is 41.9 Å². The number of fused-ring (bicyclic) bond motifs is 2. The third kappa shape index (κ3) is 3.52. The number of benzene rings is 2. The first kappa shape index (κ1) is 20.9. The number of hydrogen-bond acceptors (Lipinski definition) is 5.